The number of hydrogen-bond donors (Lipinski definition) is 2. The van der Waals surface area contributed by atoms with Crippen molar-refractivity contribution >= 4 is 34.9 Å². The van der Waals surface area contributed by atoms with Gasteiger partial charge in [-0.25, -0.2) is 4.98 Å². The van der Waals surface area contributed by atoms with Gasteiger partial charge in [-0.2, -0.15) is 16.7 Å². The molecule has 2 atom stereocenters. The van der Waals surface area contributed by atoms with Crippen molar-refractivity contribution in [1.29, 1.82) is 0 Å². The highest BCUT2D eigenvalue weighted by Crippen LogP contribution is 2.30. The molecule has 18 heavy (non-hydrogen) atoms. The van der Waals surface area contributed by atoms with E-state index in [0.717, 1.165) is 23.8 Å². The second kappa shape index (κ2) is 5.97. The fraction of sp³-hybridized carbons (Fsp3) is 0.667. The van der Waals surface area contributed by atoms with Crippen molar-refractivity contribution in [3.05, 3.63) is 11.0 Å². The summed E-state index contributed by atoms with van der Waals surface area (Å²) in [4.78, 5) is 8.23. The van der Waals surface area contributed by atoms with Crippen LogP contribution in [-0.2, 0) is 0 Å². The molecule has 1 saturated carbocycles. The molecule has 3 N–H and O–H groups in total. The molecule has 100 valence electrons. The molecule has 0 saturated heterocycles. The van der Waals surface area contributed by atoms with Gasteiger partial charge in [0.05, 0.1) is 11.4 Å². The predicted octanol–water partition coefficient (Wildman–Crippen LogP) is 3.11. The number of hydrogen-bond acceptors (Lipinski definition) is 5. The Morgan fingerprint density at radius 3 is 2.89 bits per heavy atom. The Morgan fingerprint density at radius 2 is 2.17 bits per heavy atom. The maximum atomic E-state index is 5.98. The molecule has 0 aromatic carbocycles. The van der Waals surface area contributed by atoms with E-state index in [9.17, 15) is 0 Å². The smallest absolute Gasteiger partial charge is 0.224 e. The van der Waals surface area contributed by atoms with Crippen molar-refractivity contribution in [2.24, 2.45) is 0 Å². The van der Waals surface area contributed by atoms with Gasteiger partial charge in [0.2, 0.25) is 5.28 Å². The Morgan fingerprint density at radius 1 is 1.39 bits per heavy atom. The van der Waals surface area contributed by atoms with Crippen LogP contribution in [0.2, 0.25) is 5.28 Å². The molecule has 1 aromatic heterocycles. The summed E-state index contributed by atoms with van der Waals surface area (Å²) in [5.41, 5.74) is 7.32. The van der Waals surface area contributed by atoms with E-state index in [1.165, 1.54) is 12.8 Å². The van der Waals surface area contributed by atoms with Gasteiger partial charge in [0.1, 0.15) is 0 Å². The normalized spacial score (nSPS) is 23.9. The van der Waals surface area contributed by atoms with Crippen LogP contribution >= 0.6 is 23.4 Å². The largest absolute Gasteiger partial charge is 0.394 e. The number of nitrogens with two attached hydrogens (primary N) is 1. The van der Waals surface area contributed by atoms with Crippen LogP contribution in [-0.4, -0.2) is 27.5 Å². The minimum absolute atomic E-state index is 0.251. The highest BCUT2D eigenvalue weighted by molar-refractivity contribution is 7.99. The lowest BCUT2D eigenvalue weighted by molar-refractivity contribution is 0.473. The lowest BCUT2D eigenvalue weighted by atomic mass is 9.95. The third-order valence-corrected chi connectivity index (χ3v) is 4.67. The Labute approximate surface area is 117 Å². The molecule has 0 aliphatic heterocycles. The van der Waals surface area contributed by atoms with Crippen LogP contribution in [0.3, 0.4) is 0 Å². The third-order valence-electron chi connectivity index (χ3n) is 3.41. The number of aryl methyl sites for hydroxylation is 1. The lowest BCUT2D eigenvalue weighted by Crippen LogP contribution is -2.29. The van der Waals surface area contributed by atoms with Gasteiger partial charge in [-0.1, -0.05) is 6.42 Å². The number of nitrogens with zero attached hydrogens (tertiary/aromatic N) is 2. The molecule has 2 rings (SSSR count). The van der Waals surface area contributed by atoms with Crippen molar-refractivity contribution in [3.63, 3.8) is 0 Å². The van der Waals surface area contributed by atoms with Crippen molar-refractivity contribution in [2.45, 2.75) is 43.9 Å². The summed E-state index contributed by atoms with van der Waals surface area (Å²) in [7, 11) is 0. The molecule has 0 radical (unpaired) electrons. The topological polar surface area (TPSA) is 63.8 Å². The Bertz CT molecular complexity index is 427. The zero-order valence-electron chi connectivity index (χ0n) is 10.7. The van der Waals surface area contributed by atoms with Gasteiger partial charge < -0.3 is 11.1 Å². The van der Waals surface area contributed by atoms with Gasteiger partial charge in [-0.15, -0.1) is 0 Å². The molecule has 1 aliphatic rings. The molecule has 1 aromatic rings. The van der Waals surface area contributed by atoms with Gasteiger partial charge >= 0.3 is 0 Å². The van der Waals surface area contributed by atoms with Crippen molar-refractivity contribution in [3.8, 4) is 0 Å². The van der Waals surface area contributed by atoms with Crippen LogP contribution in [0.15, 0.2) is 0 Å². The van der Waals surface area contributed by atoms with Gasteiger partial charge in [0.15, 0.2) is 5.82 Å². The fourth-order valence-corrected chi connectivity index (χ4v) is 3.38. The molecular formula is C12H19ClN4S. The van der Waals surface area contributed by atoms with Gasteiger partial charge in [-0.05, 0) is 44.0 Å². The molecule has 6 heteroatoms. The Kier molecular flexibility index (Phi) is 4.56. The van der Waals surface area contributed by atoms with Crippen molar-refractivity contribution in [1.82, 2.24) is 9.97 Å². The summed E-state index contributed by atoms with van der Waals surface area (Å²) in [6.07, 6.45) is 7.05. The molecular weight excluding hydrogens is 268 g/mol. The molecule has 1 fully saturated rings. The summed E-state index contributed by atoms with van der Waals surface area (Å²) < 4.78 is 0. The average Bonchev–Trinajstić information content (AvgIpc) is 2.35. The number of nitrogen functional groups attached to an aromatic ring is 1. The number of halogens is 1. The Balaban J connectivity index is 2.09. The minimum atomic E-state index is 0.251. The maximum Gasteiger partial charge on any atom is 0.224 e. The number of rotatable bonds is 3. The third kappa shape index (κ3) is 3.20. The van der Waals surface area contributed by atoms with Crippen LogP contribution in [0, 0.1) is 6.92 Å². The fourth-order valence-electron chi connectivity index (χ4n) is 2.34. The highest BCUT2D eigenvalue weighted by Gasteiger charge is 2.22. The van der Waals surface area contributed by atoms with E-state index in [0.29, 0.717) is 17.5 Å². The van der Waals surface area contributed by atoms with Crippen LogP contribution in [0.4, 0.5) is 11.5 Å². The molecule has 0 spiro atoms. The second-order valence-corrected chi connectivity index (χ2v) is 6.18. The summed E-state index contributed by atoms with van der Waals surface area (Å²) >= 11 is 7.81. The molecule has 1 heterocycles. The quantitative estimate of drug-likeness (QED) is 0.836. The first-order chi connectivity index (χ1) is 8.60. The van der Waals surface area contributed by atoms with E-state index in [1.807, 2.05) is 18.7 Å². The summed E-state index contributed by atoms with van der Waals surface area (Å²) in [6.45, 7) is 1.85. The lowest BCUT2D eigenvalue weighted by Gasteiger charge is -2.29. The first-order valence-corrected chi connectivity index (χ1v) is 7.85. The highest BCUT2D eigenvalue weighted by atomic mass is 35.5. The minimum Gasteiger partial charge on any atom is -0.394 e. The molecule has 4 nitrogen and oxygen atoms in total. The number of thioether (sulfide) groups is 1. The van der Waals surface area contributed by atoms with Crippen molar-refractivity contribution < 1.29 is 0 Å². The first-order valence-electron chi connectivity index (χ1n) is 6.19. The van der Waals surface area contributed by atoms with Gasteiger partial charge in [0, 0.05) is 11.3 Å². The molecule has 2 unspecified atom stereocenters. The van der Waals surface area contributed by atoms with Crippen LogP contribution in [0.1, 0.15) is 31.4 Å². The van der Waals surface area contributed by atoms with Gasteiger partial charge in [0.25, 0.3) is 0 Å². The number of aromatic nitrogens is 2. The average molecular weight is 287 g/mol. The van der Waals surface area contributed by atoms with E-state index in [1.54, 1.807) is 0 Å². The number of anilines is 2. The predicted molar refractivity (Wildman–Crippen MR) is 79.4 cm³/mol. The molecule has 0 amide bonds. The van der Waals surface area contributed by atoms with E-state index >= 15 is 0 Å². The van der Waals surface area contributed by atoms with E-state index in [2.05, 4.69) is 21.5 Å². The summed E-state index contributed by atoms with van der Waals surface area (Å²) in [6, 6.07) is 0.434. The zero-order chi connectivity index (χ0) is 13.1. The van der Waals surface area contributed by atoms with Crippen LogP contribution in [0.25, 0.3) is 0 Å². The van der Waals surface area contributed by atoms with Crippen LogP contribution in [0.5, 0.6) is 0 Å². The van der Waals surface area contributed by atoms with E-state index < -0.39 is 0 Å². The van der Waals surface area contributed by atoms with E-state index in [-0.39, 0.29) is 5.28 Å². The van der Waals surface area contributed by atoms with Crippen LogP contribution < -0.4 is 11.1 Å². The molecule has 1 aliphatic carbocycles. The monoisotopic (exact) mass is 286 g/mol. The number of nitrogens with one attached hydrogen (secondary N) is 1. The second-order valence-electron chi connectivity index (χ2n) is 4.71. The standard InChI is InChI=1S/C12H19ClN4S/c1-7-10(14)11(17-12(13)15-7)16-8-4-3-5-9(6-8)18-2/h8-9H,3-6,14H2,1-2H3,(H,15,16,17). The zero-order valence-corrected chi connectivity index (χ0v) is 12.3. The van der Waals surface area contributed by atoms with Gasteiger partial charge in [-0.3, -0.25) is 0 Å². The maximum absolute atomic E-state index is 5.98. The summed E-state index contributed by atoms with van der Waals surface area (Å²) in [5, 5.41) is 4.40. The van der Waals surface area contributed by atoms with Crippen molar-refractivity contribution in [2.75, 3.05) is 17.3 Å². The summed E-state index contributed by atoms with van der Waals surface area (Å²) in [5.74, 6) is 0.680. The first kappa shape index (κ1) is 13.7. The molecule has 0 bridgehead atoms. The SMILES string of the molecule is CSC1CCCC(Nc2nc(Cl)nc(C)c2N)C1. The van der Waals surface area contributed by atoms with E-state index in [4.69, 9.17) is 17.3 Å². The Hall–Kier alpha value is -0.680.